The highest BCUT2D eigenvalue weighted by Gasteiger charge is 2.15. The second-order valence-corrected chi connectivity index (χ2v) is 7.25. The molecule has 0 aliphatic rings. The van der Waals surface area contributed by atoms with Gasteiger partial charge >= 0.3 is 0 Å². The van der Waals surface area contributed by atoms with Gasteiger partial charge in [-0.05, 0) is 42.3 Å². The first-order valence-electron chi connectivity index (χ1n) is 7.10. The molecule has 1 N–H and O–H groups in total. The summed E-state index contributed by atoms with van der Waals surface area (Å²) in [5, 5.41) is 8.88. The monoisotopic (exact) mass is 329 g/mol. The molecule has 5 nitrogen and oxygen atoms in total. The number of aryl methyl sites for hydroxylation is 1. The lowest BCUT2D eigenvalue weighted by atomic mass is 10.1. The highest BCUT2D eigenvalue weighted by atomic mass is 32.2. The fourth-order valence-electron chi connectivity index (χ4n) is 2.25. The zero-order valence-electron chi connectivity index (χ0n) is 13.4. The van der Waals surface area contributed by atoms with Crippen LogP contribution in [0.4, 0.5) is 5.69 Å². The van der Waals surface area contributed by atoms with Gasteiger partial charge in [-0.1, -0.05) is 18.2 Å². The Morgan fingerprint density at radius 3 is 2.57 bits per heavy atom. The molecular weight excluding hydrogens is 310 g/mol. The van der Waals surface area contributed by atoms with E-state index in [1.807, 2.05) is 32.0 Å². The Bertz CT molecular complexity index is 852. The second kappa shape index (κ2) is 6.82. The van der Waals surface area contributed by atoms with Crippen molar-refractivity contribution in [2.45, 2.75) is 18.4 Å². The zero-order valence-corrected chi connectivity index (χ0v) is 14.2. The summed E-state index contributed by atoms with van der Waals surface area (Å²) in [4.78, 5) is 2.10. The molecule has 0 aliphatic heterocycles. The first-order valence-corrected chi connectivity index (χ1v) is 8.58. The maximum Gasteiger partial charge on any atom is 0.240 e. The molecule has 0 bridgehead atoms. The molecule has 0 spiro atoms. The Labute approximate surface area is 137 Å². The zero-order chi connectivity index (χ0) is 17.0. The minimum Gasteiger partial charge on any atom is -0.377 e. The Morgan fingerprint density at radius 1 is 1.17 bits per heavy atom. The highest BCUT2D eigenvalue weighted by Crippen LogP contribution is 2.22. The molecule has 0 radical (unpaired) electrons. The molecule has 120 valence electrons. The van der Waals surface area contributed by atoms with Crippen LogP contribution in [0.5, 0.6) is 0 Å². The van der Waals surface area contributed by atoms with Crippen molar-refractivity contribution < 1.29 is 8.42 Å². The summed E-state index contributed by atoms with van der Waals surface area (Å²) in [6.45, 7) is 2.08. The van der Waals surface area contributed by atoms with E-state index in [9.17, 15) is 8.42 Å². The number of anilines is 1. The molecule has 2 aromatic carbocycles. The third-order valence-electron chi connectivity index (χ3n) is 3.50. The summed E-state index contributed by atoms with van der Waals surface area (Å²) in [6.07, 6.45) is 0. The molecular formula is C17H19N3O2S. The maximum absolute atomic E-state index is 12.5. The number of hydrogen-bond donors (Lipinski definition) is 1. The molecule has 0 heterocycles. The SMILES string of the molecule is Cc1ccc(S(=O)(=O)NCc2cccc(C#N)c2)cc1N(C)C. The summed E-state index contributed by atoms with van der Waals surface area (Å²) in [5.41, 5.74) is 3.12. The van der Waals surface area contributed by atoms with E-state index < -0.39 is 10.0 Å². The van der Waals surface area contributed by atoms with Crippen molar-refractivity contribution >= 4 is 15.7 Å². The normalized spacial score (nSPS) is 11.0. The molecule has 0 atom stereocenters. The van der Waals surface area contributed by atoms with E-state index in [-0.39, 0.29) is 11.4 Å². The van der Waals surface area contributed by atoms with Crippen LogP contribution in [-0.4, -0.2) is 22.5 Å². The van der Waals surface area contributed by atoms with Gasteiger partial charge in [-0.25, -0.2) is 13.1 Å². The number of nitrogens with zero attached hydrogens (tertiary/aromatic N) is 2. The van der Waals surface area contributed by atoms with Crippen LogP contribution in [-0.2, 0) is 16.6 Å². The van der Waals surface area contributed by atoms with Crippen molar-refractivity contribution in [1.82, 2.24) is 4.72 Å². The van der Waals surface area contributed by atoms with Crippen molar-refractivity contribution in [3.63, 3.8) is 0 Å². The van der Waals surface area contributed by atoms with Crippen molar-refractivity contribution in [3.8, 4) is 6.07 Å². The average Bonchev–Trinajstić information content (AvgIpc) is 2.53. The van der Waals surface area contributed by atoms with Crippen LogP contribution in [0.2, 0.25) is 0 Å². The third-order valence-corrected chi connectivity index (χ3v) is 4.89. The van der Waals surface area contributed by atoms with Crippen molar-refractivity contribution in [1.29, 1.82) is 5.26 Å². The molecule has 0 aliphatic carbocycles. The molecule has 2 rings (SSSR count). The van der Waals surface area contributed by atoms with Gasteiger partial charge in [-0.3, -0.25) is 0 Å². The molecule has 2 aromatic rings. The molecule has 0 fully saturated rings. The Balaban J connectivity index is 2.22. The predicted molar refractivity (Wildman–Crippen MR) is 90.7 cm³/mol. The molecule has 0 unspecified atom stereocenters. The third kappa shape index (κ3) is 4.09. The van der Waals surface area contributed by atoms with Gasteiger partial charge in [0, 0.05) is 26.3 Å². The van der Waals surface area contributed by atoms with Gasteiger partial charge in [0.1, 0.15) is 0 Å². The summed E-state index contributed by atoms with van der Waals surface area (Å²) in [6, 6.07) is 13.9. The van der Waals surface area contributed by atoms with Crippen LogP contribution in [0, 0.1) is 18.3 Å². The number of sulfonamides is 1. The van der Waals surface area contributed by atoms with Crippen LogP contribution in [0.3, 0.4) is 0 Å². The van der Waals surface area contributed by atoms with E-state index >= 15 is 0 Å². The van der Waals surface area contributed by atoms with E-state index in [0.717, 1.165) is 16.8 Å². The van der Waals surface area contributed by atoms with Gasteiger partial charge in [0.05, 0.1) is 16.5 Å². The molecule has 6 heteroatoms. The highest BCUT2D eigenvalue weighted by molar-refractivity contribution is 7.89. The minimum absolute atomic E-state index is 0.142. The number of rotatable bonds is 5. The molecule has 0 amide bonds. The molecule has 0 aromatic heterocycles. The molecule has 0 saturated heterocycles. The Hall–Kier alpha value is -2.36. The average molecular weight is 329 g/mol. The number of benzene rings is 2. The largest absolute Gasteiger partial charge is 0.377 e. The quantitative estimate of drug-likeness (QED) is 0.914. The van der Waals surface area contributed by atoms with Gasteiger partial charge in [-0.15, -0.1) is 0 Å². The smallest absolute Gasteiger partial charge is 0.240 e. The van der Waals surface area contributed by atoms with Crippen molar-refractivity contribution in [2.24, 2.45) is 0 Å². The van der Waals surface area contributed by atoms with E-state index in [4.69, 9.17) is 5.26 Å². The minimum atomic E-state index is -3.61. The van der Waals surface area contributed by atoms with Gasteiger partial charge in [-0.2, -0.15) is 5.26 Å². The van der Waals surface area contributed by atoms with E-state index in [0.29, 0.717) is 5.56 Å². The van der Waals surface area contributed by atoms with Gasteiger partial charge in [0.15, 0.2) is 0 Å². The fourth-order valence-corrected chi connectivity index (χ4v) is 3.29. The maximum atomic E-state index is 12.5. The van der Waals surface area contributed by atoms with Crippen LogP contribution in [0.15, 0.2) is 47.4 Å². The Kier molecular flexibility index (Phi) is 5.04. The molecule has 0 saturated carbocycles. The van der Waals surface area contributed by atoms with E-state index in [1.54, 1.807) is 42.5 Å². The topological polar surface area (TPSA) is 73.2 Å². The van der Waals surface area contributed by atoms with Crippen LogP contribution in [0.25, 0.3) is 0 Å². The number of nitriles is 1. The van der Waals surface area contributed by atoms with Crippen LogP contribution >= 0.6 is 0 Å². The Morgan fingerprint density at radius 2 is 1.91 bits per heavy atom. The lowest BCUT2D eigenvalue weighted by molar-refractivity contribution is 0.581. The van der Waals surface area contributed by atoms with Crippen LogP contribution in [0.1, 0.15) is 16.7 Å². The van der Waals surface area contributed by atoms with Gasteiger partial charge in [0.25, 0.3) is 0 Å². The summed E-state index contributed by atoms with van der Waals surface area (Å²) >= 11 is 0. The lowest BCUT2D eigenvalue weighted by Gasteiger charge is -2.17. The fraction of sp³-hybridized carbons (Fsp3) is 0.235. The summed E-state index contributed by atoms with van der Waals surface area (Å²) < 4.78 is 27.5. The molecule has 23 heavy (non-hydrogen) atoms. The van der Waals surface area contributed by atoms with Gasteiger partial charge in [0.2, 0.25) is 10.0 Å². The van der Waals surface area contributed by atoms with E-state index in [2.05, 4.69) is 4.72 Å². The van der Waals surface area contributed by atoms with Crippen molar-refractivity contribution in [3.05, 3.63) is 59.2 Å². The van der Waals surface area contributed by atoms with Crippen molar-refractivity contribution in [2.75, 3.05) is 19.0 Å². The number of nitrogens with one attached hydrogen (secondary N) is 1. The second-order valence-electron chi connectivity index (χ2n) is 5.48. The first-order chi connectivity index (χ1) is 10.8. The van der Waals surface area contributed by atoms with Crippen LogP contribution < -0.4 is 9.62 Å². The number of hydrogen-bond acceptors (Lipinski definition) is 4. The van der Waals surface area contributed by atoms with Gasteiger partial charge < -0.3 is 4.90 Å². The summed E-state index contributed by atoms with van der Waals surface area (Å²) in [7, 11) is 0.139. The summed E-state index contributed by atoms with van der Waals surface area (Å²) in [5.74, 6) is 0. The standard InChI is InChI=1S/C17H19N3O2S/c1-13-7-8-16(10-17(13)20(2)3)23(21,22)19-12-15-6-4-5-14(9-15)11-18/h4-10,19H,12H2,1-3H3. The lowest BCUT2D eigenvalue weighted by Crippen LogP contribution is -2.23. The first kappa shape index (κ1) is 17.0. The van der Waals surface area contributed by atoms with E-state index in [1.165, 1.54) is 0 Å². The predicted octanol–water partition coefficient (Wildman–Crippen LogP) is 2.41.